The van der Waals surface area contributed by atoms with E-state index in [0.29, 0.717) is 0 Å². The van der Waals surface area contributed by atoms with Crippen LogP contribution in [-0.4, -0.2) is 22.7 Å². The predicted octanol–water partition coefficient (Wildman–Crippen LogP) is 3.16. The van der Waals surface area contributed by atoms with Crippen molar-refractivity contribution in [2.45, 2.75) is 22.7 Å². The van der Waals surface area contributed by atoms with Gasteiger partial charge < -0.3 is 0 Å². The van der Waals surface area contributed by atoms with Crippen LogP contribution < -0.4 is 0 Å². The van der Waals surface area contributed by atoms with Gasteiger partial charge in [0.2, 0.25) is 17.0 Å². The van der Waals surface area contributed by atoms with Crippen molar-refractivity contribution in [1.82, 2.24) is 0 Å². The van der Waals surface area contributed by atoms with Gasteiger partial charge in [-0.05, 0) is 0 Å². The summed E-state index contributed by atoms with van der Waals surface area (Å²) in [6, 6.07) is 0. The predicted molar refractivity (Wildman–Crippen MR) is 33.8 cm³/mol. The molecular formula is C8F8. The molecule has 1 fully saturated rings. The Bertz CT molecular complexity index is 466. The van der Waals surface area contributed by atoms with Crippen molar-refractivity contribution in [3.63, 3.8) is 0 Å². The largest absolute Gasteiger partial charge is 0.259 e. The molecule has 0 aromatic carbocycles. The molecule has 0 aliphatic heterocycles. The fourth-order valence-electron chi connectivity index (χ4n) is 2.54. The summed E-state index contributed by atoms with van der Waals surface area (Å²) in [6.07, 6.45) is 0. The first kappa shape index (κ1) is 10.1. The van der Waals surface area contributed by atoms with Crippen LogP contribution in [0.4, 0.5) is 35.1 Å². The van der Waals surface area contributed by atoms with Gasteiger partial charge in [0.1, 0.15) is 0 Å². The number of alkyl halides is 4. The van der Waals surface area contributed by atoms with Crippen molar-refractivity contribution >= 4 is 0 Å². The topological polar surface area (TPSA) is 0 Å². The summed E-state index contributed by atoms with van der Waals surface area (Å²) in [6.45, 7) is 0. The van der Waals surface area contributed by atoms with Gasteiger partial charge in [-0.1, -0.05) is 0 Å². The maximum atomic E-state index is 13.5. The molecule has 0 aromatic rings. The highest BCUT2D eigenvalue weighted by Crippen LogP contribution is 2.87. The molecule has 0 atom stereocenters. The van der Waals surface area contributed by atoms with E-state index in [1.54, 1.807) is 0 Å². The minimum Gasteiger partial charge on any atom is -0.231 e. The van der Waals surface area contributed by atoms with Crippen molar-refractivity contribution in [2.75, 3.05) is 0 Å². The number of hydrogen-bond acceptors (Lipinski definition) is 0. The molecule has 0 aromatic heterocycles. The summed E-state index contributed by atoms with van der Waals surface area (Å²) in [5.74, 6) is -11.1. The smallest absolute Gasteiger partial charge is 0.231 e. The molecule has 0 N–H and O–H groups in total. The van der Waals surface area contributed by atoms with Crippen LogP contribution in [0, 0.1) is 0 Å². The third kappa shape index (κ3) is 0.436. The zero-order valence-electron chi connectivity index (χ0n) is 7.02. The molecule has 0 heterocycles. The Balaban J connectivity index is 2.43. The summed E-state index contributed by atoms with van der Waals surface area (Å²) in [5, 5.41) is 0. The molecule has 0 spiro atoms. The van der Waals surface area contributed by atoms with Crippen LogP contribution >= 0.6 is 0 Å². The van der Waals surface area contributed by atoms with Crippen molar-refractivity contribution in [3.8, 4) is 0 Å². The lowest BCUT2D eigenvalue weighted by molar-refractivity contribution is 0.0384. The van der Waals surface area contributed by atoms with Crippen molar-refractivity contribution in [3.05, 3.63) is 23.3 Å². The number of rotatable bonds is 0. The average molecular weight is 248 g/mol. The first-order valence-electron chi connectivity index (χ1n) is 4.01. The van der Waals surface area contributed by atoms with E-state index in [9.17, 15) is 35.1 Å². The van der Waals surface area contributed by atoms with Crippen LogP contribution in [0.5, 0.6) is 0 Å². The van der Waals surface area contributed by atoms with Gasteiger partial charge in [-0.15, -0.1) is 0 Å². The second-order valence-corrected chi connectivity index (χ2v) is 3.89. The minimum absolute atomic E-state index is 2.78. The molecule has 0 unspecified atom stereocenters. The third-order valence-corrected chi connectivity index (χ3v) is 3.43. The van der Waals surface area contributed by atoms with Crippen LogP contribution in [0.3, 0.4) is 0 Å². The lowest BCUT2D eigenvalue weighted by Gasteiger charge is -2.17. The summed E-state index contributed by atoms with van der Waals surface area (Å²) >= 11 is 0. The van der Waals surface area contributed by atoms with Gasteiger partial charge in [0.15, 0.2) is 23.3 Å². The molecule has 88 valence electrons. The average Bonchev–Trinajstić information content (AvgIpc) is 2.58. The Morgan fingerprint density at radius 2 is 0.875 bits per heavy atom. The van der Waals surface area contributed by atoms with Crippen LogP contribution in [0.2, 0.25) is 0 Å². The Morgan fingerprint density at radius 3 is 1.12 bits per heavy atom. The molecule has 0 nitrogen and oxygen atoms in total. The van der Waals surface area contributed by atoms with Gasteiger partial charge in [-0.25, -0.2) is 35.1 Å². The molecule has 3 rings (SSSR count). The highest BCUT2D eigenvalue weighted by atomic mass is 19.2. The van der Waals surface area contributed by atoms with E-state index in [0.717, 1.165) is 0 Å². The molecule has 0 bridgehead atoms. The number of fused-ring (bicyclic) bond motifs is 1. The number of hydrogen-bond donors (Lipinski definition) is 0. The summed E-state index contributed by atoms with van der Waals surface area (Å²) in [7, 11) is 0. The standard InChI is InChI=1S/C8F8/c9-1-3(11)6(14)7(15)4(12)2(10)5(1,13)8(6,7)16. The van der Waals surface area contributed by atoms with Gasteiger partial charge in [-0.3, -0.25) is 0 Å². The molecule has 8 heteroatoms. The Kier molecular flexibility index (Phi) is 1.20. The molecule has 0 radical (unpaired) electrons. The Labute approximate surface area is 82.2 Å². The number of allylic oxidation sites excluding steroid dienone is 4. The van der Waals surface area contributed by atoms with Crippen LogP contribution in [-0.2, 0) is 0 Å². The highest BCUT2D eigenvalue weighted by Gasteiger charge is 3.12. The summed E-state index contributed by atoms with van der Waals surface area (Å²) in [4.78, 5) is 0. The van der Waals surface area contributed by atoms with Gasteiger partial charge in [0.05, 0.1) is 0 Å². The fraction of sp³-hybridized carbons (Fsp3) is 0.500. The quantitative estimate of drug-likeness (QED) is 0.577. The summed E-state index contributed by atoms with van der Waals surface area (Å²) in [5.41, 5.74) is -18.1. The van der Waals surface area contributed by atoms with E-state index < -0.39 is 46.0 Å². The monoisotopic (exact) mass is 248 g/mol. The first-order valence-corrected chi connectivity index (χ1v) is 4.01. The minimum atomic E-state index is -4.68. The lowest BCUT2D eigenvalue weighted by Crippen LogP contribution is -2.38. The molecule has 3 aliphatic rings. The molecule has 0 amide bonds. The van der Waals surface area contributed by atoms with Gasteiger partial charge in [0.25, 0.3) is 5.67 Å². The molecule has 1 saturated carbocycles. The Morgan fingerprint density at radius 1 is 0.562 bits per heavy atom. The fourth-order valence-corrected chi connectivity index (χ4v) is 2.54. The lowest BCUT2D eigenvalue weighted by atomic mass is 10.0. The maximum Gasteiger partial charge on any atom is 0.259 e. The van der Waals surface area contributed by atoms with Crippen LogP contribution in [0.25, 0.3) is 0 Å². The first-order chi connectivity index (χ1) is 7.13. The summed E-state index contributed by atoms with van der Waals surface area (Å²) < 4.78 is 105. The molecule has 0 saturated heterocycles. The van der Waals surface area contributed by atoms with E-state index in [4.69, 9.17) is 0 Å². The molecule has 16 heavy (non-hydrogen) atoms. The highest BCUT2D eigenvalue weighted by molar-refractivity contribution is 5.74. The zero-order chi connectivity index (χ0) is 12.3. The van der Waals surface area contributed by atoms with Crippen molar-refractivity contribution in [1.29, 1.82) is 0 Å². The third-order valence-electron chi connectivity index (χ3n) is 3.43. The van der Waals surface area contributed by atoms with E-state index >= 15 is 0 Å². The Hall–Kier alpha value is -1.08. The normalized spacial score (nSPS) is 58.5. The number of halogens is 8. The van der Waals surface area contributed by atoms with Crippen LogP contribution in [0.15, 0.2) is 23.3 Å². The second-order valence-electron chi connectivity index (χ2n) is 3.89. The van der Waals surface area contributed by atoms with Crippen LogP contribution in [0.1, 0.15) is 0 Å². The van der Waals surface area contributed by atoms with Gasteiger partial charge in [0, 0.05) is 0 Å². The van der Waals surface area contributed by atoms with Gasteiger partial charge >= 0.3 is 0 Å². The van der Waals surface area contributed by atoms with E-state index in [-0.39, 0.29) is 0 Å². The van der Waals surface area contributed by atoms with Gasteiger partial charge in [-0.2, -0.15) is 0 Å². The zero-order valence-corrected chi connectivity index (χ0v) is 7.02. The second kappa shape index (κ2) is 1.91. The van der Waals surface area contributed by atoms with Crippen molar-refractivity contribution < 1.29 is 35.1 Å². The molecule has 3 aliphatic carbocycles. The molecular weight excluding hydrogens is 248 g/mol. The van der Waals surface area contributed by atoms with E-state index in [1.807, 2.05) is 0 Å². The van der Waals surface area contributed by atoms with Crippen molar-refractivity contribution in [2.24, 2.45) is 0 Å². The van der Waals surface area contributed by atoms with E-state index in [1.165, 1.54) is 0 Å². The SMILES string of the molecule is FC1=C(F)C2(F)C3(F)C(F)=C(F)C1(F)C23F. The maximum absolute atomic E-state index is 13.5. The van der Waals surface area contributed by atoms with E-state index in [2.05, 4.69) is 0 Å².